The average Bonchev–Trinajstić information content (AvgIpc) is 2.87. The van der Waals surface area contributed by atoms with Gasteiger partial charge in [-0.3, -0.25) is 4.90 Å². The lowest BCUT2D eigenvalue weighted by molar-refractivity contribution is 0.188. The Hall–Kier alpha value is -0.450. The van der Waals surface area contributed by atoms with E-state index in [-0.39, 0.29) is 0 Å². The first-order valence-corrected chi connectivity index (χ1v) is 6.55. The highest BCUT2D eigenvalue weighted by molar-refractivity contribution is 7.07. The molecule has 0 aromatic carbocycles. The molecule has 0 spiro atoms. The van der Waals surface area contributed by atoms with Gasteiger partial charge in [-0.15, -0.1) is 11.3 Å². The molecule has 1 fully saturated rings. The van der Waals surface area contributed by atoms with Crippen molar-refractivity contribution in [1.82, 2.24) is 15.2 Å². The Bertz CT molecular complexity index is 286. The number of nitrogens with one attached hydrogen (secondary N) is 1. The van der Waals surface area contributed by atoms with Gasteiger partial charge in [-0.1, -0.05) is 0 Å². The van der Waals surface area contributed by atoms with Crippen LogP contribution in [-0.4, -0.2) is 36.1 Å². The van der Waals surface area contributed by atoms with E-state index in [2.05, 4.69) is 27.5 Å². The molecule has 1 N–H and O–H groups in total. The molecule has 15 heavy (non-hydrogen) atoms. The molecule has 1 aliphatic rings. The fourth-order valence-corrected chi connectivity index (χ4v) is 3.06. The highest BCUT2D eigenvalue weighted by Crippen LogP contribution is 2.28. The smallest absolute Gasteiger partial charge is 0.0795 e. The highest BCUT2D eigenvalue weighted by atomic mass is 32.1. The minimum atomic E-state index is 0.470. The number of thiazole rings is 1. The SMILES string of the molecule is CNCC1CCCN1C(C)c1cscn1. The third-order valence-electron chi connectivity index (χ3n) is 3.24. The third kappa shape index (κ3) is 2.38. The topological polar surface area (TPSA) is 28.2 Å². The molecule has 1 aromatic rings. The molecule has 0 aliphatic carbocycles. The van der Waals surface area contributed by atoms with Crippen LogP contribution < -0.4 is 5.32 Å². The summed E-state index contributed by atoms with van der Waals surface area (Å²) in [6, 6.07) is 1.16. The van der Waals surface area contributed by atoms with E-state index in [9.17, 15) is 0 Å². The van der Waals surface area contributed by atoms with Crippen molar-refractivity contribution >= 4 is 11.3 Å². The van der Waals surface area contributed by atoms with Gasteiger partial charge in [0.2, 0.25) is 0 Å². The normalized spacial score (nSPS) is 24.5. The van der Waals surface area contributed by atoms with Crippen LogP contribution in [0.5, 0.6) is 0 Å². The fraction of sp³-hybridized carbons (Fsp3) is 0.727. The van der Waals surface area contributed by atoms with E-state index in [0.717, 1.165) is 6.54 Å². The summed E-state index contributed by atoms with van der Waals surface area (Å²) in [6.07, 6.45) is 2.64. The molecule has 0 amide bonds. The van der Waals surface area contributed by atoms with Crippen molar-refractivity contribution in [1.29, 1.82) is 0 Å². The minimum Gasteiger partial charge on any atom is -0.318 e. The molecule has 1 aliphatic heterocycles. The predicted molar refractivity (Wildman–Crippen MR) is 64.2 cm³/mol. The Morgan fingerprint density at radius 1 is 1.73 bits per heavy atom. The lowest BCUT2D eigenvalue weighted by Crippen LogP contribution is -2.38. The summed E-state index contributed by atoms with van der Waals surface area (Å²) in [5, 5.41) is 5.45. The third-order valence-corrected chi connectivity index (χ3v) is 3.84. The molecule has 1 aromatic heterocycles. The predicted octanol–water partition coefficient (Wildman–Crippen LogP) is 1.89. The van der Waals surface area contributed by atoms with E-state index in [1.807, 2.05) is 12.6 Å². The van der Waals surface area contributed by atoms with Crippen molar-refractivity contribution in [3.63, 3.8) is 0 Å². The van der Waals surface area contributed by atoms with Gasteiger partial charge >= 0.3 is 0 Å². The van der Waals surface area contributed by atoms with Crippen LogP contribution in [-0.2, 0) is 0 Å². The Morgan fingerprint density at radius 3 is 3.27 bits per heavy atom. The van der Waals surface area contributed by atoms with Crippen LogP contribution in [0.15, 0.2) is 10.9 Å². The molecule has 0 bridgehead atoms. The quantitative estimate of drug-likeness (QED) is 0.848. The van der Waals surface area contributed by atoms with Gasteiger partial charge in [0.25, 0.3) is 0 Å². The molecule has 2 heterocycles. The van der Waals surface area contributed by atoms with Gasteiger partial charge in [0.05, 0.1) is 17.2 Å². The molecule has 2 atom stereocenters. The van der Waals surface area contributed by atoms with Gasteiger partial charge in [-0.2, -0.15) is 0 Å². The number of nitrogens with zero attached hydrogens (tertiary/aromatic N) is 2. The van der Waals surface area contributed by atoms with Crippen molar-refractivity contribution < 1.29 is 0 Å². The molecule has 2 unspecified atom stereocenters. The molecular formula is C11H19N3S. The standard InChI is InChI=1S/C11H19N3S/c1-9(11-7-15-8-13-11)14-5-3-4-10(14)6-12-2/h7-10,12H,3-6H2,1-2H3. The number of hydrogen-bond acceptors (Lipinski definition) is 4. The van der Waals surface area contributed by atoms with E-state index in [1.54, 1.807) is 11.3 Å². The van der Waals surface area contributed by atoms with Crippen LogP contribution in [0.4, 0.5) is 0 Å². The van der Waals surface area contributed by atoms with Crippen molar-refractivity contribution in [2.24, 2.45) is 0 Å². The highest BCUT2D eigenvalue weighted by Gasteiger charge is 2.29. The Labute approximate surface area is 95.5 Å². The Kier molecular flexibility index (Phi) is 3.72. The molecule has 0 radical (unpaired) electrons. The monoisotopic (exact) mass is 225 g/mol. The van der Waals surface area contributed by atoms with Crippen LogP contribution in [0.1, 0.15) is 31.5 Å². The lowest BCUT2D eigenvalue weighted by atomic mass is 10.1. The van der Waals surface area contributed by atoms with E-state index in [4.69, 9.17) is 0 Å². The van der Waals surface area contributed by atoms with Gasteiger partial charge in [-0.25, -0.2) is 4.98 Å². The van der Waals surface area contributed by atoms with Crippen LogP contribution in [0.25, 0.3) is 0 Å². The van der Waals surface area contributed by atoms with Gasteiger partial charge in [0.1, 0.15) is 0 Å². The van der Waals surface area contributed by atoms with Gasteiger partial charge in [0.15, 0.2) is 0 Å². The van der Waals surface area contributed by atoms with Crippen molar-refractivity contribution in [3.05, 3.63) is 16.6 Å². The van der Waals surface area contributed by atoms with Crippen molar-refractivity contribution in [2.45, 2.75) is 31.8 Å². The largest absolute Gasteiger partial charge is 0.318 e. The maximum atomic E-state index is 4.41. The molecular weight excluding hydrogens is 206 g/mol. The molecule has 0 saturated carbocycles. The number of rotatable bonds is 4. The summed E-state index contributed by atoms with van der Waals surface area (Å²) in [5.74, 6) is 0. The minimum absolute atomic E-state index is 0.470. The van der Waals surface area contributed by atoms with E-state index >= 15 is 0 Å². The van der Waals surface area contributed by atoms with Crippen LogP contribution >= 0.6 is 11.3 Å². The lowest BCUT2D eigenvalue weighted by Gasteiger charge is -2.29. The van der Waals surface area contributed by atoms with E-state index in [1.165, 1.54) is 25.1 Å². The molecule has 1 saturated heterocycles. The van der Waals surface area contributed by atoms with Gasteiger partial charge in [-0.05, 0) is 33.4 Å². The molecule has 84 valence electrons. The van der Waals surface area contributed by atoms with Crippen LogP contribution in [0.2, 0.25) is 0 Å². The zero-order chi connectivity index (χ0) is 10.7. The maximum Gasteiger partial charge on any atom is 0.0795 e. The molecule has 2 rings (SSSR count). The number of likely N-dealkylation sites (N-methyl/N-ethyl adjacent to an activating group) is 1. The first-order valence-electron chi connectivity index (χ1n) is 5.61. The van der Waals surface area contributed by atoms with Gasteiger partial charge in [0, 0.05) is 18.0 Å². The maximum absolute atomic E-state index is 4.41. The number of hydrogen-bond donors (Lipinski definition) is 1. The summed E-state index contributed by atoms with van der Waals surface area (Å²) >= 11 is 1.69. The second kappa shape index (κ2) is 5.05. The van der Waals surface area contributed by atoms with E-state index < -0.39 is 0 Å². The Morgan fingerprint density at radius 2 is 2.60 bits per heavy atom. The van der Waals surface area contributed by atoms with Crippen LogP contribution in [0, 0.1) is 0 Å². The van der Waals surface area contributed by atoms with E-state index in [0.29, 0.717) is 12.1 Å². The summed E-state index contributed by atoms with van der Waals surface area (Å²) < 4.78 is 0. The summed E-state index contributed by atoms with van der Waals surface area (Å²) in [7, 11) is 2.03. The van der Waals surface area contributed by atoms with Crippen LogP contribution in [0.3, 0.4) is 0 Å². The van der Waals surface area contributed by atoms with Gasteiger partial charge < -0.3 is 5.32 Å². The number of aromatic nitrogens is 1. The number of likely N-dealkylation sites (tertiary alicyclic amines) is 1. The zero-order valence-electron chi connectivity index (χ0n) is 9.44. The summed E-state index contributed by atoms with van der Waals surface area (Å²) in [5.41, 5.74) is 3.15. The summed E-state index contributed by atoms with van der Waals surface area (Å²) in [6.45, 7) is 4.57. The summed E-state index contributed by atoms with van der Waals surface area (Å²) in [4.78, 5) is 6.99. The van der Waals surface area contributed by atoms with Crippen molar-refractivity contribution in [2.75, 3.05) is 20.1 Å². The molecule has 3 nitrogen and oxygen atoms in total. The second-order valence-electron chi connectivity index (χ2n) is 4.18. The Balaban J connectivity index is 2.03. The fourth-order valence-electron chi connectivity index (χ4n) is 2.42. The average molecular weight is 225 g/mol. The zero-order valence-corrected chi connectivity index (χ0v) is 10.3. The first kappa shape index (κ1) is 11.0. The molecule has 4 heteroatoms. The first-order chi connectivity index (χ1) is 7.33. The second-order valence-corrected chi connectivity index (χ2v) is 4.90. The van der Waals surface area contributed by atoms with Crippen molar-refractivity contribution in [3.8, 4) is 0 Å².